The molecule has 0 aromatic carbocycles. The lowest BCUT2D eigenvalue weighted by Gasteiger charge is -2.10. The summed E-state index contributed by atoms with van der Waals surface area (Å²) in [4.78, 5) is 4.04. The van der Waals surface area contributed by atoms with Crippen molar-refractivity contribution >= 4 is 34.8 Å². The molecule has 1 aromatic rings. The van der Waals surface area contributed by atoms with Crippen molar-refractivity contribution in [1.29, 1.82) is 0 Å². The monoisotopic (exact) mass is 263 g/mol. The Labute approximate surface area is 105 Å². The highest BCUT2D eigenvalue weighted by Gasteiger charge is 2.06. The molecule has 1 rings (SSSR count). The Morgan fingerprint density at radius 3 is 2.75 bits per heavy atom. The number of nitrogen functional groups attached to an aromatic ring is 1. The maximum Gasteiger partial charge on any atom is 0.147 e. The van der Waals surface area contributed by atoms with Crippen LogP contribution in [0.5, 0.6) is 0 Å². The van der Waals surface area contributed by atoms with Gasteiger partial charge in [-0.2, -0.15) is 0 Å². The third-order valence-electron chi connectivity index (χ3n) is 1.80. The van der Waals surface area contributed by atoms with Crippen molar-refractivity contribution in [3.63, 3.8) is 0 Å². The topological polar surface area (TPSA) is 60.2 Å². The van der Waals surface area contributed by atoms with E-state index in [0.29, 0.717) is 29.0 Å². The standard InChI is InChI=1S/C10H15Cl2N3O/c1-6(2)16-4-3-14-10-8(12)5-7(11)9(13)15-10/h5-6H,3-4H2,1-2H3,(H3,13,14,15). The molecule has 0 spiro atoms. The lowest BCUT2D eigenvalue weighted by atomic mass is 10.4. The number of hydrogen-bond donors (Lipinski definition) is 2. The van der Waals surface area contributed by atoms with E-state index in [-0.39, 0.29) is 11.9 Å². The second kappa shape index (κ2) is 6.13. The number of aromatic nitrogens is 1. The summed E-state index contributed by atoms with van der Waals surface area (Å²) in [5.74, 6) is 0.786. The van der Waals surface area contributed by atoms with Crippen LogP contribution in [0.25, 0.3) is 0 Å². The first-order valence-electron chi connectivity index (χ1n) is 4.97. The van der Waals surface area contributed by atoms with Crippen molar-refractivity contribution in [1.82, 2.24) is 4.98 Å². The highest BCUT2D eigenvalue weighted by molar-refractivity contribution is 6.37. The van der Waals surface area contributed by atoms with E-state index in [2.05, 4.69) is 10.3 Å². The molecule has 16 heavy (non-hydrogen) atoms. The van der Waals surface area contributed by atoms with E-state index in [1.165, 1.54) is 0 Å². The molecule has 0 aliphatic heterocycles. The van der Waals surface area contributed by atoms with E-state index in [9.17, 15) is 0 Å². The van der Waals surface area contributed by atoms with Gasteiger partial charge < -0.3 is 15.8 Å². The Balaban J connectivity index is 2.51. The van der Waals surface area contributed by atoms with Gasteiger partial charge in [-0.3, -0.25) is 0 Å². The quantitative estimate of drug-likeness (QED) is 0.803. The van der Waals surface area contributed by atoms with E-state index in [4.69, 9.17) is 33.7 Å². The SMILES string of the molecule is CC(C)OCCNc1nc(N)c(Cl)cc1Cl. The predicted molar refractivity (Wildman–Crippen MR) is 68.2 cm³/mol. The van der Waals surface area contributed by atoms with Gasteiger partial charge in [-0.25, -0.2) is 4.98 Å². The molecule has 0 atom stereocenters. The molecular weight excluding hydrogens is 249 g/mol. The smallest absolute Gasteiger partial charge is 0.147 e. The summed E-state index contributed by atoms with van der Waals surface area (Å²) in [6.07, 6.45) is 0.209. The Bertz CT molecular complexity index is 358. The molecule has 4 nitrogen and oxygen atoms in total. The molecule has 0 saturated heterocycles. The summed E-state index contributed by atoms with van der Waals surface area (Å²) < 4.78 is 5.37. The van der Waals surface area contributed by atoms with Crippen LogP contribution in [-0.4, -0.2) is 24.2 Å². The minimum absolute atomic E-state index is 0.209. The van der Waals surface area contributed by atoms with Crippen molar-refractivity contribution in [2.45, 2.75) is 20.0 Å². The second-order valence-corrected chi connectivity index (χ2v) is 4.35. The average molecular weight is 264 g/mol. The van der Waals surface area contributed by atoms with E-state index < -0.39 is 0 Å². The third-order valence-corrected chi connectivity index (χ3v) is 2.39. The summed E-state index contributed by atoms with van der Waals surface area (Å²) >= 11 is 11.7. The minimum atomic E-state index is 0.209. The van der Waals surface area contributed by atoms with Crippen LogP contribution in [0.4, 0.5) is 11.6 Å². The minimum Gasteiger partial charge on any atom is -0.382 e. The maximum atomic E-state index is 5.94. The predicted octanol–water partition coefficient (Wildman–Crippen LogP) is 2.81. The second-order valence-electron chi connectivity index (χ2n) is 3.53. The van der Waals surface area contributed by atoms with Gasteiger partial charge >= 0.3 is 0 Å². The molecule has 90 valence electrons. The van der Waals surface area contributed by atoms with Gasteiger partial charge in [0.15, 0.2) is 0 Å². The van der Waals surface area contributed by atoms with Crippen molar-refractivity contribution in [2.75, 3.05) is 24.2 Å². The van der Waals surface area contributed by atoms with Crippen LogP contribution in [0.3, 0.4) is 0 Å². The molecule has 1 aromatic heterocycles. The molecule has 0 aliphatic rings. The van der Waals surface area contributed by atoms with Crippen LogP contribution in [-0.2, 0) is 4.74 Å². The average Bonchev–Trinajstić information content (AvgIpc) is 2.19. The number of hydrogen-bond acceptors (Lipinski definition) is 4. The van der Waals surface area contributed by atoms with Gasteiger partial charge in [-0.1, -0.05) is 23.2 Å². The molecule has 0 unspecified atom stereocenters. The molecule has 0 saturated carbocycles. The van der Waals surface area contributed by atoms with Gasteiger partial charge in [0.2, 0.25) is 0 Å². The van der Waals surface area contributed by atoms with Crippen LogP contribution in [0, 0.1) is 0 Å². The van der Waals surface area contributed by atoms with E-state index >= 15 is 0 Å². The van der Waals surface area contributed by atoms with E-state index in [1.807, 2.05) is 13.8 Å². The Hall–Kier alpha value is -0.710. The normalized spacial score (nSPS) is 10.8. The zero-order chi connectivity index (χ0) is 12.1. The van der Waals surface area contributed by atoms with Gasteiger partial charge in [0, 0.05) is 6.54 Å². The van der Waals surface area contributed by atoms with Crippen molar-refractivity contribution in [3.8, 4) is 0 Å². The molecule has 6 heteroatoms. The highest BCUT2D eigenvalue weighted by atomic mass is 35.5. The highest BCUT2D eigenvalue weighted by Crippen LogP contribution is 2.26. The molecule has 0 bridgehead atoms. The van der Waals surface area contributed by atoms with Crippen LogP contribution in [0.2, 0.25) is 10.0 Å². The van der Waals surface area contributed by atoms with Gasteiger partial charge in [-0.15, -0.1) is 0 Å². The van der Waals surface area contributed by atoms with Gasteiger partial charge in [0.05, 0.1) is 22.8 Å². The Kier molecular flexibility index (Phi) is 5.12. The largest absolute Gasteiger partial charge is 0.382 e. The Morgan fingerprint density at radius 1 is 1.44 bits per heavy atom. The first kappa shape index (κ1) is 13.4. The van der Waals surface area contributed by atoms with Crippen molar-refractivity contribution in [3.05, 3.63) is 16.1 Å². The number of nitrogens with one attached hydrogen (secondary N) is 1. The molecule has 0 amide bonds. The first-order valence-corrected chi connectivity index (χ1v) is 5.73. The van der Waals surface area contributed by atoms with Gasteiger partial charge in [-0.05, 0) is 19.9 Å². The number of halogens is 2. The number of nitrogens with zero attached hydrogens (tertiary/aromatic N) is 1. The molecular formula is C10H15Cl2N3O. The molecule has 0 fully saturated rings. The number of nitrogens with two attached hydrogens (primary N) is 1. The molecule has 1 heterocycles. The maximum absolute atomic E-state index is 5.94. The number of ether oxygens (including phenoxy) is 1. The molecule has 0 aliphatic carbocycles. The Morgan fingerprint density at radius 2 is 2.12 bits per heavy atom. The summed E-state index contributed by atoms with van der Waals surface area (Å²) in [6.45, 7) is 5.15. The molecule has 3 N–H and O–H groups in total. The fraction of sp³-hybridized carbons (Fsp3) is 0.500. The van der Waals surface area contributed by atoms with Crippen molar-refractivity contribution < 1.29 is 4.74 Å². The van der Waals surface area contributed by atoms with Crippen molar-refractivity contribution in [2.24, 2.45) is 0 Å². The fourth-order valence-corrected chi connectivity index (χ4v) is 1.49. The lowest BCUT2D eigenvalue weighted by Crippen LogP contribution is -2.14. The van der Waals surface area contributed by atoms with Crippen LogP contribution < -0.4 is 11.1 Å². The molecule has 0 radical (unpaired) electrons. The van der Waals surface area contributed by atoms with Crippen LogP contribution in [0.15, 0.2) is 6.07 Å². The zero-order valence-corrected chi connectivity index (χ0v) is 10.8. The third kappa shape index (κ3) is 4.04. The van der Waals surface area contributed by atoms with E-state index in [0.717, 1.165) is 0 Å². The van der Waals surface area contributed by atoms with Gasteiger partial charge in [0.1, 0.15) is 11.6 Å². The lowest BCUT2D eigenvalue weighted by molar-refractivity contribution is 0.0870. The first-order chi connectivity index (χ1) is 7.50. The van der Waals surface area contributed by atoms with Crippen LogP contribution in [0.1, 0.15) is 13.8 Å². The summed E-state index contributed by atoms with van der Waals surface area (Å²) in [5, 5.41) is 3.83. The van der Waals surface area contributed by atoms with E-state index in [1.54, 1.807) is 6.07 Å². The summed E-state index contributed by atoms with van der Waals surface area (Å²) in [5.41, 5.74) is 5.57. The summed E-state index contributed by atoms with van der Waals surface area (Å²) in [6, 6.07) is 1.57. The number of anilines is 2. The number of pyridine rings is 1. The van der Waals surface area contributed by atoms with Gasteiger partial charge in [0.25, 0.3) is 0 Å². The zero-order valence-electron chi connectivity index (χ0n) is 9.26. The fourth-order valence-electron chi connectivity index (χ4n) is 1.07. The van der Waals surface area contributed by atoms with Crippen LogP contribution >= 0.6 is 23.2 Å². The number of rotatable bonds is 5. The summed E-state index contributed by atoms with van der Waals surface area (Å²) in [7, 11) is 0.